The zero-order valence-corrected chi connectivity index (χ0v) is 8.47. The van der Waals surface area contributed by atoms with Gasteiger partial charge in [-0.3, -0.25) is 0 Å². The van der Waals surface area contributed by atoms with Gasteiger partial charge in [0.15, 0.2) is 0 Å². The molecule has 0 aromatic rings. The van der Waals surface area contributed by atoms with Gasteiger partial charge < -0.3 is 0 Å². The predicted octanol–water partition coefficient (Wildman–Crippen LogP) is 3.79. The molecule has 0 bridgehead atoms. The molecule has 0 aromatic heterocycles. The molecular formula is CH4S6. The minimum Gasteiger partial charge on any atom is -0.0988 e. The summed E-state index contributed by atoms with van der Waals surface area (Å²) >= 11 is 3.93. The first-order chi connectivity index (χ1) is 3.41. The topological polar surface area (TPSA) is 0 Å². The van der Waals surface area contributed by atoms with Gasteiger partial charge in [0.25, 0.3) is 0 Å². The van der Waals surface area contributed by atoms with E-state index in [0.717, 1.165) is 0 Å². The number of hydrogen-bond acceptors (Lipinski definition) is 6. The maximum Gasteiger partial charge on any atom is -0.000906 e. The summed E-state index contributed by atoms with van der Waals surface area (Å²) in [5, 5.41) is 0. The van der Waals surface area contributed by atoms with Crippen molar-refractivity contribution < 1.29 is 0 Å². The largest absolute Gasteiger partial charge is 0.0988 e. The van der Waals surface area contributed by atoms with Crippen molar-refractivity contribution in [2.45, 2.75) is 0 Å². The summed E-state index contributed by atoms with van der Waals surface area (Å²) in [5.41, 5.74) is 0. The summed E-state index contributed by atoms with van der Waals surface area (Å²) in [4.78, 5) is 0. The Labute approximate surface area is 67.5 Å². The number of hydrogen-bond donors (Lipinski definition) is 1. The van der Waals surface area contributed by atoms with Gasteiger partial charge in [0, 0.05) is 0 Å². The molecule has 0 rings (SSSR count). The molecule has 0 unspecified atom stereocenters. The third kappa shape index (κ3) is 8.10. The highest BCUT2D eigenvalue weighted by atomic mass is 33.9. The van der Waals surface area contributed by atoms with E-state index in [1.807, 2.05) is 0 Å². The van der Waals surface area contributed by atoms with Crippen LogP contribution < -0.4 is 0 Å². The molecule has 0 amide bonds. The fourth-order valence-corrected chi connectivity index (χ4v) is 8.02. The van der Waals surface area contributed by atoms with Crippen molar-refractivity contribution in [1.29, 1.82) is 0 Å². The summed E-state index contributed by atoms with van der Waals surface area (Å²) in [5.74, 6) is 0. The second-order valence-electron chi connectivity index (χ2n) is 0.445. The Balaban J connectivity index is 2.45. The Bertz CT molecular complexity index is 23.4. The van der Waals surface area contributed by atoms with Crippen molar-refractivity contribution in [3.8, 4) is 0 Å². The second-order valence-corrected chi connectivity index (χ2v) is 9.02. The van der Waals surface area contributed by atoms with Crippen LogP contribution in [0.5, 0.6) is 0 Å². The lowest BCUT2D eigenvalue weighted by Gasteiger charge is -1.87. The van der Waals surface area contributed by atoms with Crippen LogP contribution in [0.1, 0.15) is 0 Å². The van der Waals surface area contributed by atoms with Crippen molar-refractivity contribution >= 4 is 61.8 Å². The molecule has 7 heavy (non-hydrogen) atoms. The summed E-state index contributed by atoms with van der Waals surface area (Å²) in [7, 11) is 8.40. The molecule has 6 heteroatoms. The van der Waals surface area contributed by atoms with Gasteiger partial charge in [0.2, 0.25) is 0 Å². The molecule has 0 spiro atoms. The van der Waals surface area contributed by atoms with Crippen molar-refractivity contribution in [3.05, 3.63) is 0 Å². The summed E-state index contributed by atoms with van der Waals surface area (Å²) in [6.45, 7) is 0. The average Bonchev–Trinajstić information content (AvgIpc) is 1.69. The quantitative estimate of drug-likeness (QED) is 0.423. The van der Waals surface area contributed by atoms with Gasteiger partial charge in [-0.05, 0) is 45.6 Å². The van der Waals surface area contributed by atoms with Gasteiger partial charge >= 0.3 is 0 Å². The van der Waals surface area contributed by atoms with Gasteiger partial charge in [0.1, 0.15) is 0 Å². The number of rotatable bonds is 4. The standard InChI is InChI=1S/CH4S6/c1-3-5-7-6-4-2/h2H,1H3. The minimum atomic E-state index is 1.48. The Kier molecular flexibility index (Phi) is 10.5. The van der Waals surface area contributed by atoms with E-state index in [4.69, 9.17) is 0 Å². The van der Waals surface area contributed by atoms with Gasteiger partial charge in [0.05, 0.1) is 0 Å². The van der Waals surface area contributed by atoms with Gasteiger partial charge in [-0.2, -0.15) is 0 Å². The Morgan fingerprint density at radius 1 is 1.14 bits per heavy atom. The first-order valence-corrected chi connectivity index (χ1v) is 8.87. The van der Waals surface area contributed by atoms with Crippen LogP contribution in [0.4, 0.5) is 0 Å². The van der Waals surface area contributed by atoms with E-state index in [1.165, 1.54) is 9.83 Å². The van der Waals surface area contributed by atoms with Gasteiger partial charge in [-0.1, -0.05) is 22.5 Å². The zero-order chi connectivity index (χ0) is 5.54. The zero-order valence-electron chi connectivity index (χ0n) is 3.49. The maximum absolute atomic E-state index is 3.93. The molecule has 0 nitrogen and oxygen atoms in total. The second kappa shape index (κ2) is 8.10. The molecule has 0 atom stereocenters. The third-order valence-corrected chi connectivity index (χ3v) is 8.80. The molecule has 0 aliphatic heterocycles. The highest BCUT2D eigenvalue weighted by molar-refractivity contribution is 9.40. The Morgan fingerprint density at radius 2 is 1.86 bits per heavy atom. The fraction of sp³-hybridized carbons (Fsp3) is 1.00. The van der Waals surface area contributed by atoms with E-state index in [-0.39, 0.29) is 0 Å². The summed E-state index contributed by atoms with van der Waals surface area (Å²) in [6, 6.07) is 0. The van der Waals surface area contributed by atoms with Crippen LogP contribution in [0.3, 0.4) is 0 Å². The molecule has 0 aliphatic rings. The van der Waals surface area contributed by atoms with Crippen molar-refractivity contribution in [1.82, 2.24) is 0 Å². The normalized spacial score (nSPS) is 9.43. The third-order valence-electron chi connectivity index (χ3n) is 0.154. The van der Waals surface area contributed by atoms with Crippen LogP contribution in [0.15, 0.2) is 0 Å². The summed E-state index contributed by atoms with van der Waals surface area (Å²) < 4.78 is 0. The van der Waals surface area contributed by atoms with Crippen LogP contribution in [0.25, 0.3) is 0 Å². The molecule has 0 saturated heterocycles. The van der Waals surface area contributed by atoms with Gasteiger partial charge in [-0.25, -0.2) is 0 Å². The van der Waals surface area contributed by atoms with E-state index in [1.54, 1.807) is 40.3 Å². The molecule has 0 aliphatic carbocycles. The smallest absolute Gasteiger partial charge is 0.000906 e. The minimum absolute atomic E-state index is 1.48. The van der Waals surface area contributed by atoms with Crippen LogP contribution >= 0.6 is 61.8 Å². The van der Waals surface area contributed by atoms with Crippen LogP contribution in [-0.4, -0.2) is 6.26 Å². The van der Waals surface area contributed by atoms with Crippen molar-refractivity contribution in [2.75, 3.05) is 6.26 Å². The first-order valence-electron chi connectivity index (χ1n) is 1.26. The van der Waals surface area contributed by atoms with Gasteiger partial charge in [-0.15, -0.1) is 0 Å². The Morgan fingerprint density at radius 3 is 2.29 bits per heavy atom. The van der Waals surface area contributed by atoms with Crippen LogP contribution in [-0.2, 0) is 0 Å². The van der Waals surface area contributed by atoms with E-state index >= 15 is 0 Å². The fourth-order valence-electron chi connectivity index (χ4n) is 0.0515. The number of thiol groups is 1. The highest BCUT2D eigenvalue weighted by Crippen LogP contribution is 2.48. The molecule has 44 valence electrons. The Hall–Kier alpha value is 2.10. The van der Waals surface area contributed by atoms with E-state index < -0.39 is 0 Å². The highest BCUT2D eigenvalue weighted by Gasteiger charge is 1.83. The molecule has 0 N–H and O–H groups in total. The monoisotopic (exact) mass is 208 g/mol. The molecule has 0 aromatic carbocycles. The molecule has 0 radical (unpaired) electrons. The van der Waals surface area contributed by atoms with Crippen molar-refractivity contribution in [3.63, 3.8) is 0 Å². The SMILES string of the molecule is CSSSSSS. The summed E-state index contributed by atoms with van der Waals surface area (Å²) in [6.07, 6.45) is 2.06. The lowest BCUT2D eigenvalue weighted by atomic mass is 12.0. The molecule has 0 saturated carbocycles. The first kappa shape index (κ1) is 9.10. The molecule has 0 heterocycles. The lowest BCUT2D eigenvalue weighted by molar-refractivity contribution is 2.55. The van der Waals surface area contributed by atoms with E-state index in [0.29, 0.717) is 0 Å². The van der Waals surface area contributed by atoms with E-state index in [9.17, 15) is 0 Å². The molecular weight excluding hydrogens is 204 g/mol. The van der Waals surface area contributed by atoms with Crippen LogP contribution in [0, 0.1) is 0 Å². The van der Waals surface area contributed by atoms with Crippen molar-refractivity contribution in [2.24, 2.45) is 0 Å². The average molecular weight is 208 g/mol. The lowest BCUT2D eigenvalue weighted by Crippen LogP contribution is -1.27. The molecule has 0 fully saturated rings. The predicted molar refractivity (Wildman–Crippen MR) is 52.9 cm³/mol. The van der Waals surface area contributed by atoms with Crippen LogP contribution in [0.2, 0.25) is 0 Å². The van der Waals surface area contributed by atoms with E-state index in [2.05, 4.69) is 17.9 Å². The maximum atomic E-state index is 3.93.